The Balaban J connectivity index is 1.65. The molecule has 0 saturated heterocycles. The number of pyridine rings is 1. The molecule has 174 valence electrons. The number of carbonyl (C=O) groups excluding carboxylic acids is 1. The van der Waals surface area contributed by atoms with Gasteiger partial charge in [0.1, 0.15) is 11.5 Å². The SMILES string of the molecule is COC(=O)c1ccc(CO/N=C\c2c(C)nn(C)c2Oc2ccc(OC(F)(F)F)cc2)nc1. The number of carbonyl (C=O) groups is 1. The summed E-state index contributed by atoms with van der Waals surface area (Å²) < 4.78 is 52.6. The molecule has 0 bridgehead atoms. The van der Waals surface area contributed by atoms with Crippen molar-refractivity contribution in [3.8, 4) is 17.4 Å². The highest BCUT2D eigenvalue weighted by Crippen LogP contribution is 2.29. The number of rotatable bonds is 8. The van der Waals surface area contributed by atoms with Crippen molar-refractivity contribution in [2.45, 2.75) is 19.9 Å². The van der Waals surface area contributed by atoms with Crippen LogP contribution in [0.15, 0.2) is 47.8 Å². The van der Waals surface area contributed by atoms with E-state index in [4.69, 9.17) is 9.57 Å². The normalized spacial score (nSPS) is 11.5. The molecule has 0 unspecified atom stereocenters. The van der Waals surface area contributed by atoms with Crippen LogP contribution in [0.2, 0.25) is 0 Å². The Kier molecular flexibility index (Phi) is 7.16. The predicted octanol–water partition coefficient (Wildman–Crippen LogP) is 4.15. The summed E-state index contributed by atoms with van der Waals surface area (Å²) in [4.78, 5) is 20.8. The number of alkyl halides is 3. The molecule has 0 radical (unpaired) electrons. The third-order valence-corrected chi connectivity index (χ3v) is 4.20. The van der Waals surface area contributed by atoms with E-state index in [1.807, 2.05) is 0 Å². The van der Waals surface area contributed by atoms with Gasteiger partial charge in [-0.3, -0.25) is 4.98 Å². The maximum absolute atomic E-state index is 12.3. The molecular weight excluding hydrogens is 445 g/mol. The predicted molar refractivity (Wildman–Crippen MR) is 109 cm³/mol. The number of esters is 1. The maximum atomic E-state index is 12.3. The highest BCUT2D eigenvalue weighted by atomic mass is 19.4. The lowest BCUT2D eigenvalue weighted by molar-refractivity contribution is -0.274. The number of benzene rings is 1. The Bertz CT molecular complexity index is 1130. The highest BCUT2D eigenvalue weighted by Gasteiger charge is 2.31. The van der Waals surface area contributed by atoms with Crippen molar-refractivity contribution in [1.29, 1.82) is 0 Å². The average molecular weight is 464 g/mol. The number of nitrogens with zero attached hydrogens (tertiary/aromatic N) is 4. The summed E-state index contributed by atoms with van der Waals surface area (Å²) in [6.07, 6.45) is -2.00. The molecule has 3 aromatic rings. The first-order chi connectivity index (χ1) is 15.7. The minimum absolute atomic E-state index is 0.0497. The van der Waals surface area contributed by atoms with Crippen molar-refractivity contribution in [1.82, 2.24) is 14.8 Å². The van der Waals surface area contributed by atoms with Crippen LogP contribution < -0.4 is 9.47 Å². The lowest BCUT2D eigenvalue weighted by Crippen LogP contribution is -2.16. The molecule has 3 rings (SSSR count). The van der Waals surface area contributed by atoms with Gasteiger partial charge in [-0.1, -0.05) is 5.16 Å². The van der Waals surface area contributed by atoms with E-state index >= 15 is 0 Å². The van der Waals surface area contributed by atoms with Crippen molar-refractivity contribution in [3.63, 3.8) is 0 Å². The monoisotopic (exact) mass is 464 g/mol. The van der Waals surface area contributed by atoms with Gasteiger partial charge in [0.15, 0.2) is 6.61 Å². The summed E-state index contributed by atoms with van der Waals surface area (Å²) >= 11 is 0. The van der Waals surface area contributed by atoms with E-state index in [1.54, 1.807) is 26.1 Å². The molecule has 9 nitrogen and oxygen atoms in total. The third-order valence-electron chi connectivity index (χ3n) is 4.20. The summed E-state index contributed by atoms with van der Waals surface area (Å²) in [7, 11) is 2.93. The zero-order valence-corrected chi connectivity index (χ0v) is 17.8. The number of ether oxygens (including phenoxy) is 3. The number of halogens is 3. The van der Waals surface area contributed by atoms with E-state index in [9.17, 15) is 18.0 Å². The molecule has 0 N–H and O–H groups in total. The molecule has 33 heavy (non-hydrogen) atoms. The fraction of sp³-hybridized carbons (Fsp3) is 0.238. The summed E-state index contributed by atoms with van der Waals surface area (Å²) in [5, 5.41) is 8.17. The molecule has 1 aromatic carbocycles. The van der Waals surface area contributed by atoms with Gasteiger partial charge in [-0.15, -0.1) is 13.2 Å². The molecule has 0 aliphatic rings. The Morgan fingerprint density at radius 2 is 1.85 bits per heavy atom. The molecule has 0 fully saturated rings. The molecule has 12 heteroatoms. The van der Waals surface area contributed by atoms with Gasteiger partial charge in [0.2, 0.25) is 5.88 Å². The van der Waals surface area contributed by atoms with E-state index < -0.39 is 12.3 Å². The van der Waals surface area contributed by atoms with Gasteiger partial charge in [0, 0.05) is 13.2 Å². The Morgan fingerprint density at radius 3 is 2.45 bits per heavy atom. The fourth-order valence-corrected chi connectivity index (χ4v) is 2.69. The summed E-state index contributed by atoms with van der Waals surface area (Å²) in [5.41, 5.74) is 1.97. The van der Waals surface area contributed by atoms with Crippen molar-refractivity contribution < 1.29 is 37.0 Å². The van der Waals surface area contributed by atoms with Crippen LogP contribution >= 0.6 is 0 Å². The quantitative estimate of drug-likeness (QED) is 0.281. The largest absolute Gasteiger partial charge is 0.573 e. The number of methoxy groups -OCH3 is 1. The smallest absolute Gasteiger partial charge is 0.465 e. The summed E-state index contributed by atoms with van der Waals surface area (Å²) in [6.45, 7) is 1.79. The average Bonchev–Trinajstić information content (AvgIpc) is 3.03. The van der Waals surface area contributed by atoms with E-state index in [-0.39, 0.29) is 18.1 Å². The fourth-order valence-electron chi connectivity index (χ4n) is 2.69. The molecular formula is C21H19F3N4O5. The molecule has 0 amide bonds. The van der Waals surface area contributed by atoms with E-state index in [0.29, 0.717) is 28.4 Å². The van der Waals surface area contributed by atoms with Crippen LogP contribution in [0.4, 0.5) is 13.2 Å². The standard InChI is InChI=1S/C21H19F3N4O5/c1-13-18(11-26-31-12-15-5-4-14(10-25-15)20(29)30-3)19(28(2)27-13)32-16-6-8-17(9-7-16)33-21(22,23)24/h4-11H,12H2,1-3H3/b26-11-. The van der Waals surface area contributed by atoms with E-state index in [2.05, 4.69) is 24.7 Å². The zero-order valence-electron chi connectivity index (χ0n) is 17.8. The van der Waals surface area contributed by atoms with Crippen LogP contribution in [0.3, 0.4) is 0 Å². The van der Waals surface area contributed by atoms with E-state index in [1.165, 1.54) is 36.3 Å². The highest BCUT2D eigenvalue weighted by molar-refractivity contribution is 5.88. The maximum Gasteiger partial charge on any atom is 0.573 e. The van der Waals surface area contributed by atoms with Crippen LogP contribution in [0.5, 0.6) is 17.4 Å². The van der Waals surface area contributed by atoms with Gasteiger partial charge in [-0.05, 0) is 43.3 Å². The topological polar surface area (TPSA) is 97.1 Å². The van der Waals surface area contributed by atoms with Crippen molar-refractivity contribution in [3.05, 3.63) is 65.1 Å². The third kappa shape index (κ3) is 6.45. The molecule has 2 heterocycles. The molecule has 0 aliphatic heterocycles. The van der Waals surface area contributed by atoms with Crippen LogP contribution in [0, 0.1) is 6.92 Å². The van der Waals surface area contributed by atoms with Crippen molar-refractivity contribution >= 4 is 12.2 Å². The number of aromatic nitrogens is 3. The van der Waals surface area contributed by atoms with Crippen molar-refractivity contribution in [2.75, 3.05) is 7.11 Å². The van der Waals surface area contributed by atoms with Crippen LogP contribution in [-0.2, 0) is 23.2 Å². The van der Waals surface area contributed by atoms with Gasteiger partial charge in [-0.25, -0.2) is 9.48 Å². The second-order valence-electron chi connectivity index (χ2n) is 6.59. The Labute approximate surface area is 186 Å². The Morgan fingerprint density at radius 1 is 1.15 bits per heavy atom. The van der Waals surface area contributed by atoms with E-state index in [0.717, 1.165) is 12.1 Å². The van der Waals surface area contributed by atoms with Crippen LogP contribution in [-0.4, -0.2) is 40.4 Å². The minimum Gasteiger partial charge on any atom is -0.465 e. The lowest BCUT2D eigenvalue weighted by atomic mass is 10.2. The van der Waals surface area contributed by atoms with Gasteiger partial charge >= 0.3 is 12.3 Å². The number of oxime groups is 1. The second-order valence-corrected chi connectivity index (χ2v) is 6.59. The van der Waals surface area contributed by atoms with Gasteiger partial charge in [-0.2, -0.15) is 5.10 Å². The molecule has 0 atom stereocenters. The second kappa shape index (κ2) is 10.0. The van der Waals surface area contributed by atoms with Crippen LogP contribution in [0.1, 0.15) is 27.3 Å². The summed E-state index contributed by atoms with van der Waals surface area (Å²) in [5.74, 6) is -0.266. The number of hydrogen-bond acceptors (Lipinski definition) is 8. The van der Waals surface area contributed by atoms with Crippen molar-refractivity contribution in [2.24, 2.45) is 12.2 Å². The molecule has 2 aromatic heterocycles. The van der Waals surface area contributed by atoms with Crippen LogP contribution in [0.25, 0.3) is 0 Å². The summed E-state index contributed by atoms with van der Waals surface area (Å²) in [6, 6.07) is 8.12. The first kappa shape index (κ1) is 23.6. The number of hydrogen-bond donors (Lipinski definition) is 0. The minimum atomic E-state index is -4.77. The zero-order chi connectivity index (χ0) is 24.0. The Hall–Kier alpha value is -4.09. The van der Waals surface area contributed by atoms with Gasteiger partial charge < -0.3 is 19.0 Å². The van der Waals surface area contributed by atoms with Gasteiger partial charge in [0.05, 0.1) is 35.8 Å². The number of aryl methyl sites for hydroxylation is 2. The molecule has 0 aliphatic carbocycles. The van der Waals surface area contributed by atoms with Gasteiger partial charge in [0.25, 0.3) is 0 Å². The molecule has 0 spiro atoms. The molecule has 0 saturated carbocycles. The lowest BCUT2D eigenvalue weighted by Gasteiger charge is -2.10. The first-order valence-corrected chi connectivity index (χ1v) is 9.42. The first-order valence-electron chi connectivity index (χ1n) is 9.42.